The number of carbonyl (C=O) groups excluding carboxylic acids is 1. The lowest BCUT2D eigenvalue weighted by atomic mass is 10.1. The number of thioether (sulfide) groups is 1. The van der Waals surface area contributed by atoms with Crippen LogP contribution in [-0.4, -0.2) is 41.4 Å². The molecule has 1 atom stereocenters. The lowest BCUT2D eigenvalue weighted by molar-refractivity contribution is -0.116. The first-order valence-electron chi connectivity index (χ1n) is 9.06. The number of amides is 1. The topological polar surface area (TPSA) is 44.4 Å². The van der Waals surface area contributed by atoms with Crippen molar-refractivity contribution in [3.8, 4) is 0 Å². The maximum absolute atomic E-state index is 12.4. The first-order chi connectivity index (χ1) is 11.6. The molecular formula is C19H31Cl2N3OS. The minimum absolute atomic E-state index is 0. The molecule has 0 aliphatic carbocycles. The van der Waals surface area contributed by atoms with Crippen molar-refractivity contribution in [1.29, 1.82) is 0 Å². The van der Waals surface area contributed by atoms with E-state index >= 15 is 0 Å². The summed E-state index contributed by atoms with van der Waals surface area (Å²) in [6.07, 6.45) is 1.79. The van der Waals surface area contributed by atoms with Gasteiger partial charge in [-0.2, -0.15) is 11.8 Å². The van der Waals surface area contributed by atoms with Crippen molar-refractivity contribution >= 4 is 48.2 Å². The number of benzene rings is 1. The minimum Gasteiger partial charge on any atom is -0.326 e. The summed E-state index contributed by atoms with van der Waals surface area (Å²) in [7, 11) is 0. The summed E-state index contributed by atoms with van der Waals surface area (Å²) in [5, 5.41) is 6.59. The smallest absolute Gasteiger partial charge is 0.225 e. The Morgan fingerprint density at radius 1 is 1.35 bits per heavy atom. The average molecular weight is 420 g/mol. The van der Waals surface area contributed by atoms with E-state index in [-0.39, 0.29) is 30.7 Å². The molecule has 1 unspecified atom stereocenters. The van der Waals surface area contributed by atoms with Crippen molar-refractivity contribution in [2.75, 3.05) is 29.9 Å². The molecule has 3 rings (SSSR count). The predicted octanol–water partition coefficient (Wildman–Crippen LogP) is 3.93. The number of hydrogen-bond donors (Lipinski definition) is 2. The molecule has 2 aliphatic rings. The largest absolute Gasteiger partial charge is 0.326 e. The van der Waals surface area contributed by atoms with E-state index < -0.39 is 0 Å². The van der Waals surface area contributed by atoms with Gasteiger partial charge < -0.3 is 10.6 Å². The highest BCUT2D eigenvalue weighted by molar-refractivity contribution is 7.99. The Bertz CT molecular complexity index is 580. The molecule has 0 radical (unpaired) electrons. The molecule has 148 valence electrons. The number of halogens is 2. The van der Waals surface area contributed by atoms with Crippen LogP contribution in [0.2, 0.25) is 0 Å². The van der Waals surface area contributed by atoms with Gasteiger partial charge >= 0.3 is 0 Å². The van der Waals surface area contributed by atoms with Gasteiger partial charge in [0.05, 0.1) is 0 Å². The molecular weight excluding hydrogens is 389 g/mol. The van der Waals surface area contributed by atoms with Gasteiger partial charge in [0.2, 0.25) is 5.91 Å². The Morgan fingerprint density at radius 2 is 2.15 bits per heavy atom. The Hall–Kier alpha value is -0.460. The fraction of sp³-hybridized carbons (Fsp3) is 0.632. The zero-order chi connectivity index (χ0) is 16.9. The van der Waals surface area contributed by atoms with E-state index in [4.69, 9.17) is 0 Å². The number of fused-ring (bicyclic) bond motifs is 1. The van der Waals surface area contributed by atoms with Crippen molar-refractivity contribution in [2.45, 2.75) is 45.8 Å². The van der Waals surface area contributed by atoms with E-state index in [2.05, 4.69) is 41.5 Å². The highest BCUT2D eigenvalue weighted by Gasteiger charge is 2.23. The molecule has 0 saturated carbocycles. The minimum atomic E-state index is 0. The van der Waals surface area contributed by atoms with Gasteiger partial charge in [0.15, 0.2) is 0 Å². The normalized spacial score (nSPS) is 19.4. The fourth-order valence-corrected chi connectivity index (χ4v) is 4.33. The van der Waals surface area contributed by atoms with E-state index in [0.29, 0.717) is 12.5 Å². The van der Waals surface area contributed by atoms with Crippen LogP contribution in [-0.2, 0) is 17.9 Å². The lowest BCUT2D eigenvalue weighted by Gasteiger charge is -2.22. The van der Waals surface area contributed by atoms with Crippen molar-refractivity contribution in [2.24, 2.45) is 5.92 Å². The molecule has 1 amide bonds. The number of nitrogens with zero attached hydrogens (tertiary/aromatic N) is 1. The number of hydrogen-bond acceptors (Lipinski definition) is 4. The predicted molar refractivity (Wildman–Crippen MR) is 117 cm³/mol. The van der Waals surface area contributed by atoms with Crippen molar-refractivity contribution in [1.82, 2.24) is 10.2 Å². The van der Waals surface area contributed by atoms with Crippen LogP contribution >= 0.6 is 36.6 Å². The molecule has 26 heavy (non-hydrogen) atoms. The van der Waals surface area contributed by atoms with Gasteiger partial charge in [0.25, 0.3) is 0 Å². The number of nitrogens with one attached hydrogen (secondary N) is 2. The molecule has 2 aliphatic heterocycles. The molecule has 7 heteroatoms. The Morgan fingerprint density at radius 3 is 2.85 bits per heavy atom. The second-order valence-electron chi connectivity index (χ2n) is 7.31. The molecule has 1 aromatic rings. The van der Waals surface area contributed by atoms with Gasteiger partial charge in [-0.15, -0.1) is 24.8 Å². The quantitative estimate of drug-likeness (QED) is 0.732. The van der Waals surface area contributed by atoms with Gasteiger partial charge in [0.1, 0.15) is 0 Å². The fourth-order valence-electron chi connectivity index (χ4n) is 3.38. The van der Waals surface area contributed by atoms with Crippen molar-refractivity contribution in [3.63, 3.8) is 0 Å². The zero-order valence-corrected chi connectivity index (χ0v) is 18.1. The Labute approximate surface area is 174 Å². The molecule has 0 spiro atoms. The third kappa shape index (κ3) is 6.61. The second-order valence-corrected chi connectivity index (χ2v) is 8.46. The molecule has 2 N–H and O–H groups in total. The van der Waals surface area contributed by atoms with Crippen molar-refractivity contribution < 1.29 is 4.79 Å². The SMILES string of the molecule is CC(C)CCN1Cc2cccc(NC(=O)CC3CSCCN3)c2C1.Cl.Cl. The van der Waals surface area contributed by atoms with Gasteiger partial charge in [-0.25, -0.2) is 0 Å². The lowest BCUT2D eigenvalue weighted by Crippen LogP contribution is -2.40. The Balaban J connectivity index is 0.00000169. The highest BCUT2D eigenvalue weighted by Crippen LogP contribution is 2.30. The molecule has 1 fully saturated rings. The molecule has 2 heterocycles. The first-order valence-corrected chi connectivity index (χ1v) is 10.2. The number of rotatable bonds is 6. The van der Waals surface area contributed by atoms with E-state index in [1.54, 1.807) is 0 Å². The highest BCUT2D eigenvalue weighted by atomic mass is 35.5. The van der Waals surface area contributed by atoms with Gasteiger partial charge in [0, 0.05) is 49.3 Å². The van der Waals surface area contributed by atoms with Crippen LogP contribution in [0.15, 0.2) is 18.2 Å². The van der Waals surface area contributed by atoms with Gasteiger partial charge in [-0.3, -0.25) is 9.69 Å². The summed E-state index contributed by atoms with van der Waals surface area (Å²) in [6, 6.07) is 6.61. The summed E-state index contributed by atoms with van der Waals surface area (Å²) in [5.41, 5.74) is 3.68. The summed E-state index contributed by atoms with van der Waals surface area (Å²) in [6.45, 7) is 8.64. The maximum Gasteiger partial charge on any atom is 0.225 e. The molecule has 1 saturated heterocycles. The Kier molecular flexibility index (Phi) is 10.3. The summed E-state index contributed by atoms with van der Waals surface area (Å²) >= 11 is 1.93. The molecule has 0 bridgehead atoms. The van der Waals surface area contributed by atoms with Gasteiger partial charge in [-0.05, 0) is 36.1 Å². The zero-order valence-electron chi connectivity index (χ0n) is 15.6. The summed E-state index contributed by atoms with van der Waals surface area (Å²) < 4.78 is 0. The van der Waals surface area contributed by atoms with E-state index in [9.17, 15) is 4.79 Å². The first kappa shape index (κ1) is 23.6. The standard InChI is InChI=1S/C19H29N3OS.2ClH/c1-14(2)6-8-22-11-15-4-3-5-18(17(15)12-22)21-19(23)10-16-13-24-9-7-20-16;;/h3-5,14,16,20H,6-13H2,1-2H3,(H,21,23);2*1H. The number of carbonyl (C=O) groups is 1. The van der Waals surface area contributed by atoms with Crippen molar-refractivity contribution in [3.05, 3.63) is 29.3 Å². The average Bonchev–Trinajstić information content (AvgIpc) is 2.98. The summed E-state index contributed by atoms with van der Waals surface area (Å²) in [5.74, 6) is 3.04. The third-order valence-electron chi connectivity index (χ3n) is 4.78. The number of anilines is 1. The van der Waals surface area contributed by atoms with E-state index in [1.165, 1.54) is 17.5 Å². The van der Waals surface area contributed by atoms with Crippen LogP contribution in [0.5, 0.6) is 0 Å². The third-order valence-corrected chi connectivity index (χ3v) is 5.91. The summed E-state index contributed by atoms with van der Waals surface area (Å²) in [4.78, 5) is 14.9. The monoisotopic (exact) mass is 419 g/mol. The van der Waals surface area contributed by atoms with E-state index in [1.807, 2.05) is 17.8 Å². The van der Waals surface area contributed by atoms with E-state index in [0.717, 1.165) is 49.3 Å². The maximum atomic E-state index is 12.4. The van der Waals surface area contributed by atoms with Crippen LogP contribution in [0.25, 0.3) is 0 Å². The van der Waals surface area contributed by atoms with Crippen LogP contribution in [0.1, 0.15) is 37.8 Å². The van der Waals surface area contributed by atoms with Crippen LogP contribution in [0.4, 0.5) is 5.69 Å². The van der Waals surface area contributed by atoms with Gasteiger partial charge in [-0.1, -0.05) is 26.0 Å². The second kappa shape index (κ2) is 11.4. The molecule has 1 aromatic carbocycles. The van der Waals surface area contributed by atoms with Crippen LogP contribution in [0.3, 0.4) is 0 Å². The molecule has 4 nitrogen and oxygen atoms in total. The van der Waals surface area contributed by atoms with Crippen LogP contribution in [0, 0.1) is 5.92 Å². The van der Waals surface area contributed by atoms with Crippen LogP contribution < -0.4 is 10.6 Å². The molecule has 0 aromatic heterocycles.